The lowest BCUT2D eigenvalue weighted by Gasteiger charge is -2.40. The molecule has 2 aromatic rings. The van der Waals surface area contributed by atoms with E-state index in [4.69, 9.17) is 11.6 Å². The molecule has 1 saturated heterocycles. The Morgan fingerprint density at radius 2 is 1.75 bits per heavy atom. The van der Waals surface area contributed by atoms with Gasteiger partial charge >= 0.3 is 6.09 Å². The van der Waals surface area contributed by atoms with Crippen LogP contribution in [0.1, 0.15) is 11.1 Å². The lowest BCUT2D eigenvalue weighted by Crippen LogP contribution is -2.55. The van der Waals surface area contributed by atoms with Gasteiger partial charge in [0.2, 0.25) is 0 Å². The Morgan fingerprint density at radius 1 is 1.04 bits per heavy atom. The zero-order valence-corrected chi connectivity index (χ0v) is 14.2. The highest BCUT2D eigenvalue weighted by molar-refractivity contribution is 6.30. The van der Waals surface area contributed by atoms with Crippen LogP contribution in [0.4, 0.5) is 4.79 Å². The van der Waals surface area contributed by atoms with Gasteiger partial charge in [0.1, 0.15) is 0 Å². The SMILES string of the molecule is O=C(O)N1CCN(Cc2ccccc2)CC1Cc1ccc(Cl)cc1. The predicted octanol–water partition coefficient (Wildman–Crippen LogP) is 3.75. The van der Waals surface area contributed by atoms with Gasteiger partial charge in [0.15, 0.2) is 0 Å². The predicted molar refractivity (Wildman–Crippen MR) is 95.4 cm³/mol. The average molecular weight is 345 g/mol. The highest BCUT2D eigenvalue weighted by Crippen LogP contribution is 2.18. The second-order valence-corrected chi connectivity index (χ2v) is 6.62. The summed E-state index contributed by atoms with van der Waals surface area (Å²) in [6.07, 6.45) is -0.136. The van der Waals surface area contributed by atoms with Crippen LogP contribution in [0.3, 0.4) is 0 Å². The molecule has 126 valence electrons. The maximum Gasteiger partial charge on any atom is 0.407 e. The minimum Gasteiger partial charge on any atom is -0.465 e. The average Bonchev–Trinajstić information content (AvgIpc) is 2.58. The number of piperazine rings is 1. The Morgan fingerprint density at radius 3 is 2.42 bits per heavy atom. The molecule has 1 N–H and O–H groups in total. The Balaban J connectivity index is 1.69. The van der Waals surface area contributed by atoms with Crippen LogP contribution >= 0.6 is 11.6 Å². The normalized spacial score (nSPS) is 18.5. The Kier molecular flexibility index (Phi) is 5.38. The van der Waals surface area contributed by atoms with E-state index in [9.17, 15) is 9.90 Å². The van der Waals surface area contributed by atoms with Crippen LogP contribution in [0.25, 0.3) is 0 Å². The highest BCUT2D eigenvalue weighted by atomic mass is 35.5. The first-order valence-corrected chi connectivity index (χ1v) is 8.50. The summed E-state index contributed by atoms with van der Waals surface area (Å²) in [7, 11) is 0. The summed E-state index contributed by atoms with van der Waals surface area (Å²) in [4.78, 5) is 15.5. The van der Waals surface area contributed by atoms with Gasteiger partial charge in [0.05, 0.1) is 6.04 Å². The molecule has 1 heterocycles. The summed E-state index contributed by atoms with van der Waals surface area (Å²) in [5, 5.41) is 10.2. The lowest BCUT2D eigenvalue weighted by atomic mass is 10.0. The number of hydrogen-bond acceptors (Lipinski definition) is 2. The van der Waals surface area contributed by atoms with Crippen LogP contribution in [0.5, 0.6) is 0 Å². The molecule has 1 atom stereocenters. The molecule has 1 amide bonds. The molecular formula is C19H21ClN2O2. The molecule has 0 aliphatic carbocycles. The van der Waals surface area contributed by atoms with Crippen molar-refractivity contribution in [3.05, 3.63) is 70.7 Å². The molecule has 1 aliphatic rings. The van der Waals surface area contributed by atoms with E-state index < -0.39 is 6.09 Å². The zero-order valence-electron chi connectivity index (χ0n) is 13.4. The van der Waals surface area contributed by atoms with Gasteiger partial charge < -0.3 is 10.0 Å². The first-order valence-electron chi connectivity index (χ1n) is 8.12. The van der Waals surface area contributed by atoms with Crippen LogP contribution < -0.4 is 0 Å². The van der Waals surface area contributed by atoms with Crippen LogP contribution in [0.2, 0.25) is 5.02 Å². The molecule has 0 saturated carbocycles. The number of halogens is 1. The summed E-state index contributed by atoms with van der Waals surface area (Å²) in [5.74, 6) is 0. The van der Waals surface area contributed by atoms with Crippen molar-refractivity contribution in [2.75, 3.05) is 19.6 Å². The number of nitrogens with zero attached hydrogens (tertiary/aromatic N) is 2. The number of carbonyl (C=O) groups is 1. The maximum absolute atomic E-state index is 11.6. The van der Waals surface area contributed by atoms with Gasteiger partial charge in [-0.1, -0.05) is 54.1 Å². The van der Waals surface area contributed by atoms with Gasteiger partial charge in [-0.05, 0) is 29.7 Å². The fourth-order valence-corrected chi connectivity index (χ4v) is 3.35. The molecule has 3 rings (SSSR count). The largest absolute Gasteiger partial charge is 0.465 e. The van der Waals surface area contributed by atoms with E-state index in [0.717, 1.165) is 25.2 Å². The molecule has 4 nitrogen and oxygen atoms in total. The minimum absolute atomic E-state index is 0.0406. The van der Waals surface area contributed by atoms with Crippen molar-refractivity contribution in [2.24, 2.45) is 0 Å². The van der Waals surface area contributed by atoms with E-state index in [0.29, 0.717) is 18.0 Å². The zero-order chi connectivity index (χ0) is 16.9. The number of amides is 1. The van der Waals surface area contributed by atoms with E-state index >= 15 is 0 Å². The minimum atomic E-state index is -0.840. The van der Waals surface area contributed by atoms with Crippen LogP contribution in [0, 0.1) is 0 Å². The highest BCUT2D eigenvalue weighted by Gasteiger charge is 2.30. The van der Waals surface area contributed by atoms with Crippen LogP contribution in [-0.2, 0) is 13.0 Å². The topological polar surface area (TPSA) is 43.8 Å². The monoisotopic (exact) mass is 344 g/mol. The number of rotatable bonds is 4. The van der Waals surface area contributed by atoms with Gasteiger partial charge in [-0.3, -0.25) is 4.90 Å². The van der Waals surface area contributed by atoms with Crippen molar-refractivity contribution >= 4 is 17.7 Å². The van der Waals surface area contributed by atoms with Gasteiger partial charge in [-0.2, -0.15) is 0 Å². The molecule has 2 aromatic carbocycles. The van der Waals surface area contributed by atoms with Crippen LogP contribution in [-0.4, -0.2) is 46.7 Å². The molecule has 0 spiro atoms. The van der Waals surface area contributed by atoms with Crippen molar-refractivity contribution in [1.82, 2.24) is 9.80 Å². The molecular weight excluding hydrogens is 324 g/mol. The molecule has 0 aromatic heterocycles. The van der Waals surface area contributed by atoms with Gasteiger partial charge in [0.25, 0.3) is 0 Å². The molecule has 1 unspecified atom stereocenters. The van der Waals surface area contributed by atoms with Crippen molar-refractivity contribution in [1.29, 1.82) is 0 Å². The summed E-state index contributed by atoms with van der Waals surface area (Å²) < 4.78 is 0. The summed E-state index contributed by atoms with van der Waals surface area (Å²) in [5.41, 5.74) is 2.36. The first-order chi connectivity index (χ1) is 11.6. The molecule has 1 aliphatic heterocycles. The third-order valence-corrected chi connectivity index (χ3v) is 4.70. The van der Waals surface area contributed by atoms with Crippen molar-refractivity contribution in [3.63, 3.8) is 0 Å². The molecule has 1 fully saturated rings. The van der Waals surface area contributed by atoms with E-state index in [1.54, 1.807) is 4.90 Å². The van der Waals surface area contributed by atoms with Crippen molar-refractivity contribution < 1.29 is 9.90 Å². The van der Waals surface area contributed by atoms with Crippen molar-refractivity contribution in [3.8, 4) is 0 Å². The molecule has 24 heavy (non-hydrogen) atoms. The van der Waals surface area contributed by atoms with Gasteiger partial charge in [0, 0.05) is 31.2 Å². The van der Waals surface area contributed by atoms with E-state index in [1.807, 2.05) is 42.5 Å². The maximum atomic E-state index is 11.6. The number of carboxylic acid groups (broad SMARTS) is 1. The second kappa shape index (κ2) is 7.69. The number of hydrogen-bond donors (Lipinski definition) is 1. The first kappa shape index (κ1) is 16.8. The fourth-order valence-electron chi connectivity index (χ4n) is 3.22. The molecule has 0 radical (unpaired) electrons. The Hall–Kier alpha value is -2.04. The smallest absolute Gasteiger partial charge is 0.407 e. The van der Waals surface area contributed by atoms with E-state index in [-0.39, 0.29) is 6.04 Å². The molecule has 5 heteroatoms. The lowest BCUT2D eigenvalue weighted by molar-refractivity contribution is 0.0645. The van der Waals surface area contributed by atoms with E-state index in [2.05, 4.69) is 17.0 Å². The quantitative estimate of drug-likeness (QED) is 0.918. The third-order valence-electron chi connectivity index (χ3n) is 4.45. The van der Waals surface area contributed by atoms with Crippen LogP contribution in [0.15, 0.2) is 54.6 Å². The summed E-state index contributed by atoms with van der Waals surface area (Å²) in [6, 6.07) is 17.9. The summed E-state index contributed by atoms with van der Waals surface area (Å²) >= 11 is 5.93. The van der Waals surface area contributed by atoms with Crippen molar-refractivity contribution in [2.45, 2.75) is 19.0 Å². The number of benzene rings is 2. The second-order valence-electron chi connectivity index (χ2n) is 6.18. The molecule has 0 bridgehead atoms. The summed E-state index contributed by atoms with van der Waals surface area (Å²) in [6.45, 7) is 2.90. The standard InChI is InChI=1S/C19H21ClN2O2/c20-17-8-6-15(7-9-17)12-18-14-21(10-11-22(18)19(23)24)13-16-4-2-1-3-5-16/h1-9,18H,10-14H2,(H,23,24). The van der Waals surface area contributed by atoms with Gasteiger partial charge in [-0.15, -0.1) is 0 Å². The van der Waals surface area contributed by atoms with E-state index in [1.165, 1.54) is 5.56 Å². The third kappa shape index (κ3) is 4.28. The van der Waals surface area contributed by atoms with Gasteiger partial charge in [-0.25, -0.2) is 4.79 Å². The Labute approximate surface area is 147 Å². The Bertz CT molecular complexity index is 676. The fraction of sp³-hybridized carbons (Fsp3) is 0.316.